The molecule has 4 aromatic rings. The highest BCUT2D eigenvalue weighted by molar-refractivity contribution is 7.89. The molecule has 3 aromatic carbocycles. The van der Waals surface area contributed by atoms with Gasteiger partial charge in [0.2, 0.25) is 10.0 Å². The third-order valence-corrected chi connectivity index (χ3v) is 10.7. The van der Waals surface area contributed by atoms with Crippen LogP contribution < -0.4 is 14.8 Å². The minimum Gasteiger partial charge on any atom is -0.497 e. The molecule has 1 N–H and O–H groups in total. The van der Waals surface area contributed by atoms with Crippen LogP contribution in [0.3, 0.4) is 0 Å². The Morgan fingerprint density at radius 1 is 0.980 bits per heavy atom. The van der Waals surface area contributed by atoms with E-state index in [0.717, 1.165) is 41.2 Å². The second-order valence-corrected chi connectivity index (χ2v) is 15.2. The number of fused-ring (bicyclic) bond motifs is 1. The fourth-order valence-electron chi connectivity index (χ4n) is 6.24. The number of aromatic nitrogens is 2. The van der Waals surface area contributed by atoms with Gasteiger partial charge >= 0.3 is 6.16 Å². The number of hydrogen-bond donors (Lipinski definition) is 1. The predicted molar refractivity (Wildman–Crippen MR) is 182 cm³/mol. The monoisotopic (exact) mass is 689 g/mol. The zero-order valence-electron chi connectivity index (χ0n) is 27.8. The van der Waals surface area contributed by atoms with Crippen molar-refractivity contribution < 1.29 is 32.3 Å². The van der Waals surface area contributed by atoms with Crippen molar-refractivity contribution in [2.45, 2.75) is 82.0 Å². The number of hydrogen-bond acceptors (Lipinski definition) is 10. The molecule has 2 aliphatic rings. The highest BCUT2D eigenvalue weighted by Crippen LogP contribution is 2.38. The smallest absolute Gasteiger partial charge is 0.497 e. The summed E-state index contributed by atoms with van der Waals surface area (Å²) in [6, 6.07) is 20.0. The van der Waals surface area contributed by atoms with Crippen molar-refractivity contribution in [1.29, 1.82) is 0 Å². The summed E-state index contributed by atoms with van der Waals surface area (Å²) in [6.45, 7) is 6.75. The summed E-state index contributed by atoms with van der Waals surface area (Å²) in [6.07, 6.45) is 1.64. The average molecular weight is 690 g/mol. The van der Waals surface area contributed by atoms with E-state index >= 15 is 0 Å². The van der Waals surface area contributed by atoms with Crippen LogP contribution in [0.5, 0.6) is 11.5 Å². The molecule has 1 saturated carbocycles. The lowest BCUT2D eigenvalue weighted by molar-refractivity contribution is -0.384. The van der Waals surface area contributed by atoms with Crippen LogP contribution in [-0.4, -0.2) is 46.8 Å². The number of nitro groups is 1. The summed E-state index contributed by atoms with van der Waals surface area (Å²) in [5, 5.41) is 19.3. The summed E-state index contributed by atoms with van der Waals surface area (Å²) in [4.78, 5) is 23.0. The lowest BCUT2D eigenvalue weighted by Crippen LogP contribution is -2.26. The first-order chi connectivity index (χ1) is 23.3. The van der Waals surface area contributed by atoms with E-state index in [4.69, 9.17) is 19.3 Å². The largest absolute Gasteiger partial charge is 0.514 e. The Bertz CT molecular complexity index is 1950. The number of rotatable bonds is 9. The molecule has 0 amide bonds. The highest BCUT2D eigenvalue weighted by Gasteiger charge is 2.35. The third kappa shape index (κ3) is 7.55. The van der Waals surface area contributed by atoms with Crippen LogP contribution in [-0.2, 0) is 33.4 Å². The van der Waals surface area contributed by atoms with Crippen molar-refractivity contribution in [2.24, 2.45) is 0 Å². The van der Waals surface area contributed by atoms with E-state index in [-0.39, 0.29) is 42.1 Å². The molecule has 14 heteroatoms. The summed E-state index contributed by atoms with van der Waals surface area (Å²) >= 11 is 0. The zero-order valence-corrected chi connectivity index (χ0v) is 28.6. The molecule has 1 aliphatic carbocycles. The van der Waals surface area contributed by atoms with Crippen molar-refractivity contribution in [1.82, 2.24) is 14.1 Å². The predicted octanol–water partition coefficient (Wildman–Crippen LogP) is 7.24. The number of ether oxygens (including phenoxy) is 3. The maximum Gasteiger partial charge on any atom is 0.514 e. The Kier molecular flexibility index (Phi) is 9.36. The lowest BCUT2D eigenvalue weighted by Gasteiger charge is -2.27. The van der Waals surface area contributed by atoms with Crippen LogP contribution in [0, 0.1) is 10.1 Å². The van der Waals surface area contributed by atoms with Gasteiger partial charge in [0.1, 0.15) is 23.4 Å². The van der Waals surface area contributed by atoms with Crippen molar-refractivity contribution in [3.05, 3.63) is 99.7 Å². The van der Waals surface area contributed by atoms with Crippen LogP contribution in [0.2, 0.25) is 0 Å². The molecule has 1 aliphatic heterocycles. The summed E-state index contributed by atoms with van der Waals surface area (Å²) in [7, 11) is -2.04. The van der Waals surface area contributed by atoms with Gasteiger partial charge in [-0.25, -0.2) is 17.9 Å². The van der Waals surface area contributed by atoms with Gasteiger partial charge in [-0.05, 0) is 100 Å². The standard InChI is InChI=1S/C35H39N5O8S/c1-35(2,3)39-33(36-26-9-18-32-25(19-26)22-38(49(32,44)45)21-23-5-12-28(46-4)13-6-23)20-31(37-39)24-7-14-29(15-8-24)47-34(41)48-30-16-10-27(11-17-30)40(42)43/h5-6,9-13,16-20,24,29,36H,7-8,14-15,21-22H2,1-4H3. The molecule has 0 radical (unpaired) electrons. The molecule has 13 nitrogen and oxygen atoms in total. The Hall–Kier alpha value is -4.95. The van der Waals surface area contributed by atoms with Crippen LogP contribution in [0.4, 0.5) is 22.0 Å². The van der Waals surface area contributed by atoms with Gasteiger partial charge in [0.25, 0.3) is 5.69 Å². The molecule has 2 heterocycles. The van der Waals surface area contributed by atoms with E-state index < -0.39 is 21.1 Å². The van der Waals surface area contributed by atoms with Gasteiger partial charge in [-0.1, -0.05) is 12.1 Å². The number of sulfonamides is 1. The number of benzene rings is 3. The Morgan fingerprint density at radius 2 is 1.65 bits per heavy atom. The van der Waals surface area contributed by atoms with E-state index in [1.54, 1.807) is 19.2 Å². The van der Waals surface area contributed by atoms with Gasteiger partial charge in [0, 0.05) is 42.9 Å². The van der Waals surface area contributed by atoms with Gasteiger partial charge in [-0.3, -0.25) is 10.1 Å². The molecule has 1 aromatic heterocycles. The van der Waals surface area contributed by atoms with Crippen molar-refractivity contribution in [3.63, 3.8) is 0 Å². The first-order valence-electron chi connectivity index (χ1n) is 16.1. The summed E-state index contributed by atoms with van der Waals surface area (Å²) in [5.74, 6) is 1.84. The summed E-state index contributed by atoms with van der Waals surface area (Å²) < 4.78 is 46.1. The maximum absolute atomic E-state index is 13.4. The van der Waals surface area contributed by atoms with E-state index in [2.05, 4.69) is 26.1 Å². The average Bonchev–Trinajstić information content (AvgIpc) is 3.60. The Morgan fingerprint density at radius 3 is 2.29 bits per heavy atom. The molecule has 0 bridgehead atoms. The zero-order chi connectivity index (χ0) is 34.9. The van der Waals surface area contributed by atoms with E-state index in [0.29, 0.717) is 23.5 Å². The quantitative estimate of drug-likeness (QED) is 0.0822. The highest BCUT2D eigenvalue weighted by atomic mass is 32.2. The second-order valence-electron chi connectivity index (χ2n) is 13.3. The lowest BCUT2D eigenvalue weighted by atomic mass is 9.85. The fraction of sp³-hybridized carbons (Fsp3) is 0.371. The number of carbonyl (C=O) groups excluding carboxylic acids is 1. The number of nitrogens with one attached hydrogen (secondary N) is 1. The van der Waals surface area contributed by atoms with Gasteiger partial charge in [-0.2, -0.15) is 9.40 Å². The van der Waals surface area contributed by atoms with Gasteiger partial charge in [0.05, 0.1) is 28.2 Å². The first-order valence-corrected chi connectivity index (χ1v) is 17.5. The normalized spacial score (nSPS) is 18.8. The molecular weight excluding hydrogens is 650 g/mol. The Labute approximate surface area is 285 Å². The number of anilines is 2. The van der Waals surface area contributed by atoms with Gasteiger partial charge in [-0.15, -0.1) is 0 Å². The SMILES string of the molecule is COc1ccc(CN2Cc3cc(Nc4cc(C5CCC(OC(=O)Oc6ccc([N+](=O)[O-])cc6)CC5)nn4C(C)(C)C)ccc3S2(=O)=O)cc1. The van der Waals surface area contributed by atoms with Crippen LogP contribution in [0.15, 0.2) is 77.7 Å². The van der Waals surface area contributed by atoms with E-state index in [1.807, 2.05) is 41.1 Å². The number of methoxy groups -OCH3 is 1. The van der Waals surface area contributed by atoms with Crippen molar-refractivity contribution in [2.75, 3.05) is 12.4 Å². The van der Waals surface area contributed by atoms with Crippen LogP contribution in [0.1, 0.15) is 69.2 Å². The van der Waals surface area contributed by atoms with Crippen LogP contribution in [0.25, 0.3) is 0 Å². The molecular formula is C35H39N5O8S. The minimum atomic E-state index is -3.63. The molecule has 0 saturated heterocycles. The van der Waals surface area contributed by atoms with E-state index in [9.17, 15) is 23.3 Å². The van der Waals surface area contributed by atoms with Crippen LogP contribution >= 0.6 is 0 Å². The van der Waals surface area contributed by atoms with E-state index in [1.165, 1.54) is 28.6 Å². The molecule has 0 spiro atoms. The fourth-order valence-corrected chi connectivity index (χ4v) is 7.84. The number of non-ortho nitro benzene ring substituents is 1. The maximum atomic E-state index is 13.4. The van der Waals surface area contributed by atoms with Gasteiger partial charge < -0.3 is 19.5 Å². The van der Waals surface area contributed by atoms with Crippen molar-refractivity contribution >= 4 is 33.4 Å². The molecule has 258 valence electrons. The molecule has 49 heavy (non-hydrogen) atoms. The summed E-state index contributed by atoms with van der Waals surface area (Å²) in [5.41, 5.74) is 2.87. The molecule has 1 fully saturated rings. The minimum absolute atomic E-state index is 0.0953. The second kappa shape index (κ2) is 13.5. The number of carbonyl (C=O) groups is 1. The molecule has 0 atom stereocenters. The molecule has 6 rings (SSSR count). The number of nitrogens with zero attached hydrogens (tertiary/aromatic N) is 4. The third-order valence-electron chi connectivity index (χ3n) is 8.78. The Balaban J connectivity index is 1.10. The topological polar surface area (TPSA) is 155 Å². The number of nitro benzene ring substituents is 1. The van der Waals surface area contributed by atoms with Gasteiger partial charge in [0.15, 0.2) is 0 Å². The molecule has 0 unspecified atom stereocenters. The first kappa shape index (κ1) is 33.9. The van der Waals surface area contributed by atoms with Crippen molar-refractivity contribution in [3.8, 4) is 11.5 Å².